The molecule has 0 aliphatic rings. The molecule has 0 saturated carbocycles. The van der Waals surface area contributed by atoms with Crippen LogP contribution in [-0.2, 0) is 15.1 Å². The fraction of sp³-hybridized carbons (Fsp3) is 0.714. The van der Waals surface area contributed by atoms with Gasteiger partial charge in [-0.1, -0.05) is 26.3 Å². The van der Waals surface area contributed by atoms with E-state index >= 15 is 0 Å². The standard InChI is InChI=1S/C7H14O.H2O4S/c1-3-5-6-7-8-4-2;1-5(2,3)4/h4H,2-3,5-7H2,1H3;(H2,1,2,3,4). The molecule has 5 nitrogen and oxygen atoms in total. The SMILES string of the molecule is C=COCCCCC.O=S(=O)(O)O. The van der Waals surface area contributed by atoms with E-state index in [4.69, 9.17) is 22.3 Å². The molecule has 0 fully saturated rings. The first kappa shape index (κ1) is 14.9. The van der Waals surface area contributed by atoms with E-state index in [-0.39, 0.29) is 0 Å². The molecule has 0 amide bonds. The van der Waals surface area contributed by atoms with Crippen molar-refractivity contribution in [1.29, 1.82) is 0 Å². The molecule has 0 rings (SSSR count). The van der Waals surface area contributed by atoms with Gasteiger partial charge in [-0.2, -0.15) is 8.42 Å². The predicted molar refractivity (Wildman–Crippen MR) is 49.9 cm³/mol. The normalized spacial score (nSPS) is 9.77. The summed E-state index contributed by atoms with van der Waals surface area (Å²) in [5, 5.41) is 0. The van der Waals surface area contributed by atoms with Gasteiger partial charge >= 0.3 is 10.4 Å². The molecular formula is C7H16O5S. The fourth-order valence-corrected chi connectivity index (χ4v) is 0.519. The van der Waals surface area contributed by atoms with Gasteiger partial charge < -0.3 is 4.74 Å². The molecule has 0 aliphatic heterocycles. The lowest BCUT2D eigenvalue weighted by molar-refractivity contribution is 0.243. The second kappa shape index (κ2) is 9.50. The topological polar surface area (TPSA) is 83.8 Å². The van der Waals surface area contributed by atoms with E-state index in [0.717, 1.165) is 13.0 Å². The minimum atomic E-state index is -4.67. The summed E-state index contributed by atoms with van der Waals surface area (Å²) in [5.74, 6) is 0. The highest BCUT2D eigenvalue weighted by Gasteiger charge is 1.84. The van der Waals surface area contributed by atoms with Gasteiger partial charge in [0.25, 0.3) is 0 Å². The summed E-state index contributed by atoms with van der Waals surface area (Å²) < 4.78 is 36.5. The van der Waals surface area contributed by atoms with Gasteiger partial charge in [0, 0.05) is 0 Å². The highest BCUT2D eigenvalue weighted by atomic mass is 32.3. The Kier molecular flexibility index (Phi) is 10.9. The smallest absolute Gasteiger partial charge is 0.394 e. The third kappa shape index (κ3) is 52.0. The number of rotatable bonds is 5. The van der Waals surface area contributed by atoms with Crippen LogP contribution >= 0.6 is 0 Å². The lowest BCUT2D eigenvalue weighted by Gasteiger charge is -1.96. The van der Waals surface area contributed by atoms with Gasteiger partial charge in [-0.3, -0.25) is 9.11 Å². The Balaban J connectivity index is 0. The second-order valence-corrected chi connectivity index (χ2v) is 3.09. The molecule has 0 atom stereocenters. The molecule has 0 radical (unpaired) electrons. The highest BCUT2D eigenvalue weighted by Crippen LogP contribution is 1.93. The van der Waals surface area contributed by atoms with Crippen LogP contribution in [0.25, 0.3) is 0 Å². The predicted octanol–water partition coefficient (Wildman–Crippen LogP) is 1.68. The zero-order chi connectivity index (χ0) is 10.7. The van der Waals surface area contributed by atoms with Crippen molar-refractivity contribution >= 4 is 10.4 Å². The van der Waals surface area contributed by atoms with E-state index in [0.29, 0.717) is 0 Å². The first-order valence-electron chi connectivity index (χ1n) is 3.84. The molecule has 2 N–H and O–H groups in total. The second-order valence-electron chi connectivity index (χ2n) is 2.19. The quantitative estimate of drug-likeness (QED) is 0.411. The maximum atomic E-state index is 8.74. The highest BCUT2D eigenvalue weighted by molar-refractivity contribution is 7.79. The molecule has 0 saturated heterocycles. The Bertz CT molecular complexity index is 189. The molecule has 0 unspecified atom stereocenters. The maximum Gasteiger partial charge on any atom is 0.394 e. The molecule has 0 aromatic carbocycles. The first-order chi connectivity index (χ1) is 5.91. The zero-order valence-electron chi connectivity index (χ0n) is 7.64. The van der Waals surface area contributed by atoms with E-state index in [2.05, 4.69) is 13.5 Å². The van der Waals surface area contributed by atoms with Crippen molar-refractivity contribution in [2.45, 2.75) is 26.2 Å². The van der Waals surface area contributed by atoms with Crippen LogP contribution in [-0.4, -0.2) is 24.1 Å². The van der Waals surface area contributed by atoms with Crippen LogP contribution in [0.15, 0.2) is 12.8 Å². The minimum absolute atomic E-state index is 0.831. The Morgan fingerprint density at radius 3 is 2.15 bits per heavy atom. The van der Waals surface area contributed by atoms with Crippen LogP contribution in [0, 0.1) is 0 Å². The summed E-state index contributed by atoms with van der Waals surface area (Å²) in [6, 6.07) is 0. The summed E-state index contributed by atoms with van der Waals surface area (Å²) in [5.41, 5.74) is 0. The van der Waals surface area contributed by atoms with E-state index in [1.54, 1.807) is 0 Å². The van der Waals surface area contributed by atoms with E-state index in [9.17, 15) is 0 Å². The summed E-state index contributed by atoms with van der Waals surface area (Å²) >= 11 is 0. The molecule has 0 bridgehead atoms. The Labute approximate surface area is 79.0 Å². The lowest BCUT2D eigenvalue weighted by Crippen LogP contribution is -1.89. The molecule has 6 heteroatoms. The van der Waals surface area contributed by atoms with Crippen LogP contribution in [0.5, 0.6) is 0 Å². The average molecular weight is 212 g/mol. The third-order valence-electron chi connectivity index (χ3n) is 0.984. The van der Waals surface area contributed by atoms with Crippen molar-refractivity contribution in [1.82, 2.24) is 0 Å². The van der Waals surface area contributed by atoms with Gasteiger partial charge in [0.2, 0.25) is 0 Å². The molecule has 80 valence electrons. The van der Waals surface area contributed by atoms with Crippen molar-refractivity contribution in [3.8, 4) is 0 Å². The van der Waals surface area contributed by atoms with Crippen LogP contribution in [0.2, 0.25) is 0 Å². The van der Waals surface area contributed by atoms with Gasteiger partial charge in [0.1, 0.15) is 0 Å². The number of hydrogen-bond acceptors (Lipinski definition) is 3. The van der Waals surface area contributed by atoms with Crippen molar-refractivity contribution in [3.05, 3.63) is 12.8 Å². The van der Waals surface area contributed by atoms with Crippen molar-refractivity contribution in [3.63, 3.8) is 0 Å². The summed E-state index contributed by atoms with van der Waals surface area (Å²) in [6.45, 7) is 6.44. The fourth-order valence-electron chi connectivity index (χ4n) is 0.519. The van der Waals surface area contributed by atoms with Crippen LogP contribution in [0.1, 0.15) is 26.2 Å². The molecule has 0 aromatic rings. The van der Waals surface area contributed by atoms with Gasteiger partial charge in [0.05, 0.1) is 12.9 Å². The van der Waals surface area contributed by atoms with Crippen molar-refractivity contribution < 1.29 is 22.3 Å². The summed E-state index contributed by atoms with van der Waals surface area (Å²) in [4.78, 5) is 0. The number of unbranched alkanes of at least 4 members (excludes halogenated alkanes) is 2. The number of ether oxygens (including phenoxy) is 1. The molecule has 13 heavy (non-hydrogen) atoms. The largest absolute Gasteiger partial charge is 0.502 e. The Morgan fingerprint density at radius 1 is 1.38 bits per heavy atom. The summed E-state index contributed by atoms with van der Waals surface area (Å²) in [7, 11) is -4.67. The third-order valence-corrected chi connectivity index (χ3v) is 0.984. The van der Waals surface area contributed by atoms with Gasteiger partial charge in [0.15, 0.2) is 0 Å². The zero-order valence-corrected chi connectivity index (χ0v) is 8.46. The van der Waals surface area contributed by atoms with Gasteiger partial charge in [-0.05, 0) is 6.42 Å². The maximum absolute atomic E-state index is 8.74. The van der Waals surface area contributed by atoms with Crippen LogP contribution in [0.3, 0.4) is 0 Å². The number of hydrogen-bond donors (Lipinski definition) is 2. The molecule has 0 aliphatic carbocycles. The molecular weight excluding hydrogens is 196 g/mol. The summed E-state index contributed by atoms with van der Waals surface area (Å²) in [6.07, 6.45) is 5.16. The van der Waals surface area contributed by atoms with Crippen molar-refractivity contribution in [2.75, 3.05) is 6.61 Å². The Hall–Kier alpha value is -0.590. The van der Waals surface area contributed by atoms with E-state index in [1.165, 1.54) is 19.1 Å². The van der Waals surface area contributed by atoms with Crippen LogP contribution in [0.4, 0.5) is 0 Å². The van der Waals surface area contributed by atoms with E-state index in [1.807, 2.05) is 0 Å². The molecule has 0 aromatic heterocycles. The average Bonchev–Trinajstić information content (AvgIpc) is 1.95. The van der Waals surface area contributed by atoms with Gasteiger partial charge in [-0.15, -0.1) is 0 Å². The van der Waals surface area contributed by atoms with Gasteiger partial charge in [-0.25, -0.2) is 0 Å². The molecule has 0 heterocycles. The first-order valence-corrected chi connectivity index (χ1v) is 5.24. The van der Waals surface area contributed by atoms with Crippen molar-refractivity contribution in [2.24, 2.45) is 0 Å². The monoisotopic (exact) mass is 212 g/mol. The van der Waals surface area contributed by atoms with Crippen LogP contribution < -0.4 is 0 Å². The minimum Gasteiger partial charge on any atom is -0.502 e. The Morgan fingerprint density at radius 2 is 1.85 bits per heavy atom. The van der Waals surface area contributed by atoms with E-state index < -0.39 is 10.4 Å². The lowest BCUT2D eigenvalue weighted by atomic mass is 10.3. The molecule has 0 spiro atoms.